The van der Waals surface area contributed by atoms with E-state index in [0.29, 0.717) is 27.7 Å². The number of fused-ring (bicyclic) bond motifs is 6. The largest absolute Gasteiger partial charge is 0.312 e. The number of imide groups is 1. The van der Waals surface area contributed by atoms with Crippen LogP contribution in [0.5, 0.6) is 0 Å². The summed E-state index contributed by atoms with van der Waals surface area (Å²) in [6.45, 7) is 2.19. The van der Waals surface area contributed by atoms with Crippen molar-refractivity contribution in [3.8, 4) is 6.07 Å². The molecule has 166 valence electrons. The molecule has 6 nitrogen and oxygen atoms in total. The Hall–Kier alpha value is -3.24. The zero-order chi connectivity index (χ0) is 22.9. The fourth-order valence-electron chi connectivity index (χ4n) is 6.06. The van der Waals surface area contributed by atoms with E-state index in [0.717, 1.165) is 31.2 Å². The van der Waals surface area contributed by atoms with Gasteiger partial charge in [-0.25, -0.2) is 0 Å². The van der Waals surface area contributed by atoms with Gasteiger partial charge in [0.15, 0.2) is 0 Å². The number of carbonyl (C=O) groups excluding carboxylic acids is 3. The standard InChI is InChI=1S/C26H23N3O3S/c1-13-2-9-20-18(10-13)19(12-27)24(33-20)28-23(30)14-5-7-17(8-6-14)29-25(31)21-15-3-4-16(11-15)22(21)26(29)32/h3-8,13,15-16,21-22H,2,9-11H2,1H3,(H,28,30)/t13-,15+,16+,21-,22-/m1/s1. The van der Waals surface area contributed by atoms with Crippen molar-refractivity contribution in [1.29, 1.82) is 5.26 Å². The summed E-state index contributed by atoms with van der Waals surface area (Å²) < 4.78 is 0. The number of thiophene rings is 1. The van der Waals surface area contributed by atoms with Gasteiger partial charge in [-0.15, -0.1) is 11.3 Å². The van der Waals surface area contributed by atoms with Crippen LogP contribution in [-0.4, -0.2) is 17.7 Å². The van der Waals surface area contributed by atoms with E-state index in [1.807, 2.05) is 0 Å². The third-order valence-corrected chi connectivity index (χ3v) is 8.91. The Morgan fingerprint density at radius 1 is 1.12 bits per heavy atom. The Bertz CT molecular complexity index is 1240. The summed E-state index contributed by atoms with van der Waals surface area (Å²) in [6.07, 6.45) is 7.96. The topological polar surface area (TPSA) is 90.3 Å². The van der Waals surface area contributed by atoms with Crippen LogP contribution in [-0.2, 0) is 22.4 Å². The minimum absolute atomic E-state index is 0.129. The van der Waals surface area contributed by atoms with Crippen LogP contribution in [0.2, 0.25) is 0 Å². The van der Waals surface area contributed by atoms with Crippen molar-refractivity contribution in [2.45, 2.75) is 32.6 Å². The second-order valence-corrected chi connectivity index (χ2v) is 10.8. The first-order valence-electron chi connectivity index (χ1n) is 11.5. The summed E-state index contributed by atoms with van der Waals surface area (Å²) in [6, 6.07) is 8.86. The molecule has 0 spiro atoms. The van der Waals surface area contributed by atoms with Gasteiger partial charge in [0.2, 0.25) is 11.8 Å². The molecule has 7 heteroatoms. The minimum atomic E-state index is -0.303. The lowest BCUT2D eigenvalue weighted by Gasteiger charge is -2.17. The summed E-state index contributed by atoms with van der Waals surface area (Å²) >= 11 is 1.49. The molecule has 2 bridgehead atoms. The summed E-state index contributed by atoms with van der Waals surface area (Å²) in [5, 5.41) is 13.2. The van der Waals surface area contributed by atoms with Gasteiger partial charge in [0.05, 0.1) is 23.1 Å². The molecule has 1 aromatic heterocycles. The number of rotatable bonds is 3. The number of allylic oxidation sites excluding steroid dienone is 2. The second-order valence-electron chi connectivity index (χ2n) is 9.68. The van der Waals surface area contributed by atoms with Gasteiger partial charge in [0.1, 0.15) is 11.1 Å². The average Bonchev–Trinajstić information content (AvgIpc) is 3.56. The van der Waals surface area contributed by atoms with E-state index in [1.54, 1.807) is 24.3 Å². The van der Waals surface area contributed by atoms with Crippen LogP contribution >= 0.6 is 11.3 Å². The van der Waals surface area contributed by atoms with Gasteiger partial charge in [-0.2, -0.15) is 5.26 Å². The van der Waals surface area contributed by atoms with Crippen molar-refractivity contribution in [2.75, 3.05) is 10.2 Å². The number of aryl methyl sites for hydroxylation is 1. The van der Waals surface area contributed by atoms with E-state index >= 15 is 0 Å². The lowest BCUT2D eigenvalue weighted by molar-refractivity contribution is -0.123. The highest BCUT2D eigenvalue weighted by Gasteiger charge is 2.59. The maximum atomic E-state index is 13.0. The molecule has 1 aromatic carbocycles. The fourth-order valence-corrected chi connectivity index (χ4v) is 7.25. The summed E-state index contributed by atoms with van der Waals surface area (Å²) in [4.78, 5) is 41.4. The third-order valence-electron chi connectivity index (χ3n) is 7.70. The zero-order valence-corrected chi connectivity index (χ0v) is 19.0. The molecule has 3 aliphatic carbocycles. The Labute approximate surface area is 195 Å². The number of anilines is 2. The average molecular weight is 458 g/mol. The van der Waals surface area contributed by atoms with Gasteiger partial charge in [-0.05, 0) is 73.3 Å². The molecule has 1 saturated heterocycles. The third kappa shape index (κ3) is 3.01. The van der Waals surface area contributed by atoms with Gasteiger partial charge in [0, 0.05) is 10.4 Å². The van der Waals surface area contributed by atoms with E-state index in [-0.39, 0.29) is 41.4 Å². The van der Waals surface area contributed by atoms with Gasteiger partial charge < -0.3 is 5.32 Å². The Balaban J connectivity index is 1.21. The van der Waals surface area contributed by atoms with Crippen LogP contribution in [0.3, 0.4) is 0 Å². The highest BCUT2D eigenvalue weighted by atomic mass is 32.1. The number of hydrogen-bond donors (Lipinski definition) is 1. The zero-order valence-electron chi connectivity index (χ0n) is 18.2. The molecule has 2 aromatic rings. The van der Waals surface area contributed by atoms with E-state index < -0.39 is 0 Å². The molecule has 2 heterocycles. The summed E-state index contributed by atoms with van der Waals surface area (Å²) in [5.41, 5.74) is 2.58. The molecule has 4 aliphatic rings. The second kappa shape index (κ2) is 7.39. The van der Waals surface area contributed by atoms with Gasteiger partial charge in [-0.1, -0.05) is 19.1 Å². The number of nitrogens with zero attached hydrogens (tertiary/aromatic N) is 2. The number of hydrogen-bond acceptors (Lipinski definition) is 5. The number of nitriles is 1. The molecule has 2 fully saturated rings. The van der Waals surface area contributed by atoms with Crippen LogP contribution in [0.15, 0.2) is 36.4 Å². The maximum Gasteiger partial charge on any atom is 0.256 e. The highest BCUT2D eigenvalue weighted by Crippen LogP contribution is 2.53. The predicted octanol–water partition coefficient (Wildman–Crippen LogP) is 4.31. The molecule has 6 rings (SSSR count). The molecule has 0 unspecified atom stereocenters. The van der Waals surface area contributed by atoms with E-state index in [4.69, 9.17) is 0 Å². The number of nitrogens with one attached hydrogen (secondary N) is 1. The quantitative estimate of drug-likeness (QED) is 0.549. The van der Waals surface area contributed by atoms with Crippen LogP contribution in [0, 0.1) is 40.9 Å². The van der Waals surface area contributed by atoms with Crippen molar-refractivity contribution in [3.63, 3.8) is 0 Å². The van der Waals surface area contributed by atoms with Crippen LogP contribution in [0.1, 0.15) is 46.1 Å². The first-order valence-corrected chi connectivity index (χ1v) is 12.3. The fraction of sp³-hybridized carbons (Fsp3) is 0.385. The molecule has 0 radical (unpaired) electrons. The normalized spacial score (nSPS) is 29.2. The minimum Gasteiger partial charge on any atom is -0.312 e. The van der Waals surface area contributed by atoms with Crippen molar-refractivity contribution in [3.05, 3.63) is 58.0 Å². The molecule has 1 saturated carbocycles. The number of amides is 3. The molecule has 1 N–H and O–H groups in total. The Morgan fingerprint density at radius 2 is 1.79 bits per heavy atom. The SMILES string of the molecule is C[C@@H]1CCc2sc(NC(=O)c3ccc(N4C(=O)[C@H]5[C@H](C4=O)[C@H]4C=C[C@H]5C4)cc3)c(C#N)c2C1. The van der Waals surface area contributed by atoms with Crippen LogP contribution in [0.4, 0.5) is 10.7 Å². The van der Waals surface area contributed by atoms with Crippen LogP contribution in [0.25, 0.3) is 0 Å². The summed E-state index contributed by atoms with van der Waals surface area (Å²) in [5.74, 6) is -0.173. The monoisotopic (exact) mass is 457 g/mol. The maximum absolute atomic E-state index is 13.0. The smallest absolute Gasteiger partial charge is 0.256 e. The van der Waals surface area contributed by atoms with Crippen molar-refractivity contribution in [1.82, 2.24) is 0 Å². The van der Waals surface area contributed by atoms with E-state index in [2.05, 4.69) is 30.5 Å². The first kappa shape index (κ1) is 20.4. The highest BCUT2D eigenvalue weighted by molar-refractivity contribution is 7.16. The lowest BCUT2D eigenvalue weighted by atomic mass is 9.85. The van der Waals surface area contributed by atoms with E-state index in [1.165, 1.54) is 21.1 Å². The Morgan fingerprint density at radius 3 is 2.42 bits per heavy atom. The molecule has 1 aliphatic heterocycles. The first-order chi connectivity index (χ1) is 16.0. The number of carbonyl (C=O) groups is 3. The van der Waals surface area contributed by atoms with Crippen molar-refractivity contribution >= 4 is 39.7 Å². The summed E-state index contributed by atoms with van der Waals surface area (Å²) in [7, 11) is 0. The van der Waals surface area contributed by atoms with Crippen LogP contribution < -0.4 is 10.2 Å². The number of benzene rings is 1. The molecule has 5 atom stereocenters. The molecule has 3 amide bonds. The Kier molecular flexibility index (Phi) is 4.56. The molecular weight excluding hydrogens is 434 g/mol. The van der Waals surface area contributed by atoms with Gasteiger partial charge in [0.25, 0.3) is 5.91 Å². The molecule has 33 heavy (non-hydrogen) atoms. The van der Waals surface area contributed by atoms with Crippen molar-refractivity contribution < 1.29 is 14.4 Å². The van der Waals surface area contributed by atoms with Gasteiger partial charge in [-0.3, -0.25) is 19.3 Å². The molecular formula is C26H23N3O3S. The van der Waals surface area contributed by atoms with Crippen molar-refractivity contribution in [2.24, 2.45) is 29.6 Å². The van der Waals surface area contributed by atoms with Gasteiger partial charge >= 0.3 is 0 Å². The van der Waals surface area contributed by atoms with E-state index in [9.17, 15) is 19.6 Å². The predicted molar refractivity (Wildman–Crippen MR) is 125 cm³/mol. The lowest BCUT2D eigenvalue weighted by Crippen LogP contribution is -2.32.